The van der Waals surface area contributed by atoms with Gasteiger partial charge in [0.1, 0.15) is 5.52 Å². The van der Waals surface area contributed by atoms with Crippen LogP contribution < -0.4 is 10.1 Å². The molecule has 106 valence electrons. The molecule has 0 aliphatic carbocycles. The molecule has 5 heteroatoms. The Morgan fingerprint density at radius 3 is 2.71 bits per heavy atom. The van der Waals surface area contributed by atoms with Gasteiger partial charge < -0.3 is 10.1 Å². The minimum absolute atomic E-state index is 0.528. The molecule has 0 bridgehead atoms. The molecule has 0 saturated carbocycles. The van der Waals surface area contributed by atoms with Gasteiger partial charge in [0.2, 0.25) is 11.8 Å². The van der Waals surface area contributed by atoms with Gasteiger partial charge in [-0.25, -0.2) is 9.97 Å². The fourth-order valence-electron chi connectivity index (χ4n) is 2.05. The maximum atomic E-state index is 5.97. The number of hydrogen-bond acceptors (Lipinski definition) is 5. The van der Waals surface area contributed by atoms with Crippen LogP contribution in [-0.4, -0.2) is 22.0 Å². The van der Waals surface area contributed by atoms with Crippen molar-refractivity contribution in [1.82, 2.24) is 15.0 Å². The summed E-state index contributed by atoms with van der Waals surface area (Å²) in [5, 5.41) is 3.95. The lowest BCUT2D eigenvalue weighted by atomic mass is 10.2. The second-order valence-electron chi connectivity index (χ2n) is 4.81. The van der Waals surface area contributed by atoms with Crippen LogP contribution in [-0.2, 0) is 0 Å². The first-order valence-electron chi connectivity index (χ1n) is 6.73. The number of nitrogens with one attached hydrogen (secondary N) is 1. The Bertz CT molecular complexity index is 801. The maximum absolute atomic E-state index is 5.97. The van der Waals surface area contributed by atoms with E-state index >= 15 is 0 Å². The van der Waals surface area contributed by atoms with Crippen LogP contribution in [0.5, 0.6) is 11.6 Å². The highest BCUT2D eigenvalue weighted by Crippen LogP contribution is 2.29. The number of aryl methyl sites for hydroxylation is 2. The summed E-state index contributed by atoms with van der Waals surface area (Å²) in [6.45, 7) is 3.88. The smallest absolute Gasteiger partial charge is 0.227 e. The van der Waals surface area contributed by atoms with Crippen molar-refractivity contribution in [3.63, 3.8) is 0 Å². The molecular formula is C16H16N4O. The van der Waals surface area contributed by atoms with Gasteiger partial charge in [0.05, 0.1) is 0 Å². The van der Waals surface area contributed by atoms with Crippen LogP contribution >= 0.6 is 0 Å². The number of ether oxygens (including phenoxy) is 1. The summed E-state index contributed by atoms with van der Waals surface area (Å²) in [5.41, 5.74) is 2.66. The molecule has 5 nitrogen and oxygen atoms in total. The Hall–Kier alpha value is -2.69. The van der Waals surface area contributed by atoms with E-state index in [1.165, 1.54) is 0 Å². The van der Waals surface area contributed by atoms with Crippen molar-refractivity contribution >= 4 is 16.9 Å². The number of fused-ring (bicyclic) bond motifs is 1. The SMILES string of the molecule is CNc1ncc(C)c(Oc2cccc3ccc(C)nc23)n1. The topological polar surface area (TPSA) is 59.9 Å². The molecule has 0 fully saturated rings. The highest BCUT2D eigenvalue weighted by molar-refractivity contribution is 5.84. The van der Waals surface area contributed by atoms with E-state index in [-0.39, 0.29) is 0 Å². The van der Waals surface area contributed by atoms with E-state index in [1.54, 1.807) is 13.2 Å². The van der Waals surface area contributed by atoms with Crippen LogP contribution in [0.1, 0.15) is 11.3 Å². The van der Waals surface area contributed by atoms with Crippen molar-refractivity contribution in [2.75, 3.05) is 12.4 Å². The summed E-state index contributed by atoms with van der Waals surface area (Å²) in [6.07, 6.45) is 1.73. The zero-order chi connectivity index (χ0) is 14.8. The number of nitrogens with zero attached hydrogens (tertiary/aromatic N) is 3. The van der Waals surface area contributed by atoms with Crippen LogP contribution in [0.3, 0.4) is 0 Å². The molecule has 0 aliphatic heterocycles. The second kappa shape index (κ2) is 5.36. The van der Waals surface area contributed by atoms with Gasteiger partial charge in [0.25, 0.3) is 0 Å². The fraction of sp³-hybridized carbons (Fsp3) is 0.188. The van der Waals surface area contributed by atoms with E-state index in [1.807, 2.05) is 44.2 Å². The molecule has 0 spiro atoms. The van der Waals surface area contributed by atoms with Crippen LogP contribution in [0.25, 0.3) is 10.9 Å². The lowest BCUT2D eigenvalue weighted by Gasteiger charge is -2.10. The van der Waals surface area contributed by atoms with Crippen LogP contribution in [0.2, 0.25) is 0 Å². The van der Waals surface area contributed by atoms with E-state index in [2.05, 4.69) is 20.3 Å². The zero-order valence-corrected chi connectivity index (χ0v) is 12.2. The first kappa shape index (κ1) is 13.3. The van der Waals surface area contributed by atoms with E-state index in [0.717, 1.165) is 22.2 Å². The molecule has 0 aliphatic rings. The molecule has 0 radical (unpaired) electrons. The molecule has 0 amide bonds. The van der Waals surface area contributed by atoms with Gasteiger partial charge in [-0.15, -0.1) is 0 Å². The van der Waals surface area contributed by atoms with Crippen molar-refractivity contribution in [2.45, 2.75) is 13.8 Å². The number of para-hydroxylation sites is 1. The van der Waals surface area contributed by atoms with Gasteiger partial charge in [0.15, 0.2) is 5.75 Å². The standard InChI is InChI=1S/C16H16N4O/c1-10-9-18-16(17-3)20-15(10)21-13-6-4-5-12-8-7-11(2)19-14(12)13/h4-9H,1-3H3,(H,17,18,20). The predicted molar refractivity (Wildman–Crippen MR) is 82.9 cm³/mol. The van der Waals surface area contributed by atoms with Crippen molar-refractivity contribution < 1.29 is 4.74 Å². The quantitative estimate of drug-likeness (QED) is 0.796. The Balaban J connectivity index is 2.08. The average molecular weight is 280 g/mol. The maximum Gasteiger partial charge on any atom is 0.227 e. The van der Waals surface area contributed by atoms with E-state index in [0.29, 0.717) is 17.6 Å². The Kier molecular flexibility index (Phi) is 3.39. The Labute approximate surface area is 123 Å². The molecule has 21 heavy (non-hydrogen) atoms. The van der Waals surface area contributed by atoms with E-state index in [9.17, 15) is 0 Å². The monoisotopic (exact) mass is 280 g/mol. The highest BCUT2D eigenvalue weighted by atomic mass is 16.5. The van der Waals surface area contributed by atoms with Crippen molar-refractivity contribution in [3.05, 3.63) is 47.8 Å². The number of hydrogen-bond donors (Lipinski definition) is 1. The van der Waals surface area contributed by atoms with E-state index < -0.39 is 0 Å². The predicted octanol–water partition coefficient (Wildman–Crippen LogP) is 3.48. The number of anilines is 1. The van der Waals surface area contributed by atoms with E-state index in [4.69, 9.17) is 4.74 Å². The molecule has 0 unspecified atom stereocenters. The van der Waals surface area contributed by atoms with Gasteiger partial charge in [-0.3, -0.25) is 0 Å². The largest absolute Gasteiger partial charge is 0.436 e. The average Bonchev–Trinajstić information content (AvgIpc) is 2.50. The summed E-state index contributed by atoms with van der Waals surface area (Å²) in [4.78, 5) is 13.1. The minimum atomic E-state index is 0.528. The molecule has 0 atom stereocenters. The summed E-state index contributed by atoms with van der Waals surface area (Å²) >= 11 is 0. The van der Waals surface area contributed by atoms with Crippen molar-refractivity contribution in [2.24, 2.45) is 0 Å². The fourth-order valence-corrected chi connectivity index (χ4v) is 2.05. The lowest BCUT2D eigenvalue weighted by molar-refractivity contribution is 0.462. The molecule has 0 saturated heterocycles. The third kappa shape index (κ3) is 2.63. The highest BCUT2D eigenvalue weighted by Gasteiger charge is 2.09. The molecule has 1 aromatic carbocycles. The zero-order valence-electron chi connectivity index (χ0n) is 12.2. The molecule has 3 rings (SSSR count). The van der Waals surface area contributed by atoms with Gasteiger partial charge in [0, 0.05) is 29.9 Å². The van der Waals surface area contributed by atoms with Crippen molar-refractivity contribution in [1.29, 1.82) is 0 Å². The number of rotatable bonds is 3. The molecule has 1 N–H and O–H groups in total. The minimum Gasteiger partial charge on any atom is -0.436 e. The lowest BCUT2D eigenvalue weighted by Crippen LogP contribution is -2.00. The van der Waals surface area contributed by atoms with Gasteiger partial charge >= 0.3 is 0 Å². The summed E-state index contributed by atoms with van der Waals surface area (Å²) in [7, 11) is 1.78. The first-order chi connectivity index (χ1) is 10.2. The van der Waals surface area contributed by atoms with Crippen LogP contribution in [0, 0.1) is 13.8 Å². The van der Waals surface area contributed by atoms with Gasteiger partial charge in [-0.1, -0.05) is 18.2 Å². The van der Waals surface area contributed by atoms with Crippen molar-refractivity contribution in [3.8, 4) is 11.6 Å². The normalized spacial score (nSPS) is 10.6. The third-order valence-electron chi connectivity index (χ3n) is 3.18. The Morgan fingerprint density at radius 2 is 1.90 bits per heavy atom. The van der Waals surface area contributed by atoms with Crippen LogP contribution in [0.15, 0.2) is 36.5 Å². The summed E-state index contributed by atoms with van der Waals surface area (Å²) < 4.78 is 5.97. The number of pyridine rings is 1. The summed E-state index contributed by atoms with van der Waals surface area (Å²) in [6, 6.07) is 9.89. The Morgan fingerprint density at radius 1 is 1.05 bits per heavy atom. The summed E-state index contributed by atoms with van der Waals surface area (Å²) in [5.74, 6) is 1.75. The van der Waals surface area contributed by atoms with Crippen LogP contribution in [0.4, 0.5) is 5.95 Å². The molecule has 2 aromatic heterocycles. The van der Waals surface area contributed by atoms with Gasteiger partial charge in [-0.05, 0) is 26.0 Å². The molecule has 2 heterocycles. The molecular weight excluding hydrogens is 264 g/mol. The second-order valence-corrected chi connectivity index (χ2v) is 4.81. The first-order valence-corrected chi connectivity index (χ1v) is 6.73. The third-order valence-corrected chi connectivity index (χ3v) is 3.18. The van der Waals surface area contributed by atoms with Gasteiger partial charge in [-0.2, -0.15) is 4.98 Å². The molecule has 3 aromatic rings. The number of benzene rings is 1. The number of aromatic nitrogens is 3.